The highest BCUT2D eigenvalue weighted by atomic mass is 16.6. The second-order valence-electron chi connectivity index (χ2n) is 7.45. The summed E-state index contributed by atoms with van der Waals surface area (Å²) in [6, 6.07) is 5.51. The van der Waals surface area contributed by atoms with Crippen LogP contribution in [0.3, 0.4) is 0 Å². The molecule has 1 aromatic rings. The topological polar surface area (TPSA) is 66.7 Å². The molecule has 0 unspecified atom stereocenters. The van der Waals surface area contributed by atoms with Crippen molar-refractivity contribution in [3.63, 3.8) is 0 Å². The minimum absolute atomic E-state index is 0.0349. The zero-order chi connectivity index (χ0) is 18.0. The summed E-state index contributed by atoms with van der Waals surface area (Å²) in [4.78, 5) is 27.2. The fraction of sp³-hybridized carbons (Fsp3) is 0.632. The Morgan fingerprint density at radius 3 is 2.32 bits per heavy atom. The number of Topliss-reactive ketones (excluding diaryl/α,β-unsaturated/α-hetero) is 1. The van der Waals surface area contributed by atoms with Crippen molar-refractivity contribution in [2.75, 3.05) is 31.1 Å². The monoisotopic (exact) mass is 345 g/mol. The molecule has 0 spiro atoms. The molecule has 2 fully saturated rings. The number of carbonyl (C=O) groups excluding carboxylic acids is 1. The Labute approximate surface area is 148 Å². The van der Waals surface area contributed by atoms with Gasteiger partial charge in [-0.2, -0.15) is 0 Å². The van der Waals surface area contributed by atoms with E-state index in [4.69, 9.17) is 0 Å². The third kappa shape index (κ3) is 4.00. The van der Waals surface area contributed by atoms with Crippen molar-refractivity contribution in [3.8, 4) is 0 Å². The van der Waals surface area contributed by atoms with Gasteiger partial charge in [-0.15, -0.1) is 0 Å². The number of piperazine rings is 1. The molecule has 0 aromatic heterocycles. The van der Waals surface area contributed by atoms with Gasteiger partial charge in [-0.25, -0.2) is 0 Å². The largest absolute Gasteiger partial charge is 0.363 e. The van der Waals surface area contributed by atoms with Gasteiger partial charge >= 0.3 is 0 Å². The molecule has 25 heavy (non-hydrogen) atoms. The van der Waals surface area contributed by atoms with E-state index >= 15 is 0 Å². The van der Waals surface area contributed by atoms with Crippen molar-refractivity contribution in [2.45, 2.75) is 45.6 Å². The second-order valence-corrected chi connectivity index (χ2v) is 7.45. The van der Waals surface area contributed by atoms with E-state index in [1.165, 1.54) is 38.7 Å². The predicted octanol–water partition coefficient (Wildman–Crippen LogP) is 3.50. The number of carbonyl (C=O) groups is 1. The molecule has 0 amide bonds. The van der Waals surface area contributed by atoms with E-state index in [1.54, 1.807) is 12.1 Å². The Kier molecular flexibility index (Phi) is 5.37. The van der Waals surface area contributed by atoms with Crippen LogP contribution in [-0.4, -0.2) is 47.8 Å². The summed E-state index contributed by atoms with van der Waals surface area (Å²) in [6.45, 7) is 7.26. The summed E-state index contributed by atoms with van der Waals surface area (Å²) in [5.74, 6) is 0.700. The van der Waals surface area contributed by atoms with Gasteiger partial charge in [0.25, 0.3) is 5.69 Å². The summed E-state index contributed by atoms with van der Waals surface area (Å²) in [6.07, 6.45) is 5.16. The van der Waals surface area contributed by atoms with Gasteiger partial charge < -0.3 is 4.90 Å². The lowest BCUT2D eigenvalue weighted by Crippen LogP contribution is -2.51. The highest BCUT2D eigenvalue weighted by molar-refractivity contribution is 5.95. The molecule has 0 radical (unpaired) electrons. The smallest absolute Gasteiger partial charge is 0.293 e. The van der Waals surface area contributed by atoms with Gasteiger partial charge in [-0.3, -0.25) is 19.8 Å². The van der Waals surface area contributed by atoms with E-state index in [0.717, 1.165) is 32.1 Å². The van der Waals surface area contributed by atoms with Crippen LogP contribution in [0.15, 0.2) is 18.2 Å². The van der Waals surface area contributed by atoms with Crippen LogP contribution < -0.4 is 4.90 Å². The second kappa shape index (κ2) is 7.52. The Hall–Kier alpha value is -1.95. The molecule has 0 atom stereocenters. The van der Waals surface area contributed by atoms with Crippen molar-refractivity contribution < 1.29 is 9.72 Å². The van der Waals surface area contributed by atoms with Crippen LogP contribution in [0.1, 0.15) is 49.9 Å². The minimum atomic E-state index is -0.378. The first-order chi connectivity index (χ1) is 12.0. The minimum Gasteiger partial charge on any atom is -0.363 e. The van der Waals surface area contributed by atoms with Gasteiger partial charge in [0.2, 0.25) is 0 Å². The molecule has 1 aliphatic carbocycles. The molecule has 1 heterocycles. The van der Waals surface area contributed by atoms with Crippen LogP contribution in [0.2, 0.25) is 0 Å². The van der Waals surface area contributed by atoms with E-state index in [2.05, 4.69) is 16.7 Å². The Bertz CT molecular complexity index is 645. The number of anilines is 1. The number of benzene rings is 1. The highest BCUT2D eigenvalue weighted by Gasteiger charge is 2.29. The van der Waals surface area contributed by atoms with Crippen molar-refractivity contribution in [1.82, 2.24) is 4.90 Å². The zero-order valence-electron chi connectivity index (χ0n) is 15.1. The third-order valence-corrected chi connectivity index (χ3v) is 5.74. The summed E-state index contributed by atoms with van der Waals surface area (Å²) >= 11 is 0. The van der Waals surface area contributed by atoms with Gasteiger partial charge in [0.05, 0.1) is 4.92 Å². The fourth-order valence-electron chi connectivity index (χ4n) is 4.09. The number of nitrogens with zero attached hydrogens (tertiary/aromatic N) is 3. The maximum Gasteiger partial charge on any atom is 0.293 e. The van der Waals surface area contributed by atoms with Crippen LogP contribution in [0, 0.1) is 16.0 Å². The number of rotatable bonds is 4. The summed E-state index contributed by atoms with van der Waals surface area (Å²) < 4.78 is 0. The molecule has 6 heteroatoms. The van der Waals surface area contributed by atoms with Crippen LogP contribution in [0.5, 0.6) is 0 Å². The average Bonchev–Trinajstić information content (AvgIpc) is 2.62. The van der Waals surface area contributed by atoms with Crippen molar-refractivity contribution in [3.05, 3.63) is 33.9 Å². The third-order valence-electron chi connectivity index (χ3n) is 5.74. The molecule has 1 saturated carbocycles. The lowest BCUT2D eigenvalue weighted by Gasteiger charge is -2.42. The molecule has 0 bridgehead atoms. The van der Waals surface area contributed by atoms with Gasteiger partial charge in [-0.05, 0) is 50.7 Å². The lowest BCUT2D eigenvalue weighted by molar-refractivity contribution is -0.384. The molecule has 0 N–H and O–H groups in total. The van der Waals surface area contributed by atoms with Crippen LogP contribution in [0.4, 0.5) is 11.4 Å². The standard InChI is InChI=1S/C19H27N3O3/c1-14-3-6-17(7-4-14)20-9-11-21(12-10-20)18-8-5-16(15(2)23)13-19(18)22(24)25/h5,8,13-14,17H,3-4,6-7,9-12H2,1-2H3. The molecular weight excluding hydrogens is 318 g/mol. The quantitative estimate of drug-likeness (QED) is 0.475. The summed E-state index contributed by atoms with van der Waals surface area (Å²) in [5.41, 5.74) is 1.06. The number of ketones is 1. The maximum atomic E-state index is 11.5. The SMILES string of the molecule is CC(=O)c1ccc(N2CCN(C3CCC(C)CC3)CC2)c([N+](=O)[O-])c1. The van der Waals surface area contributed by atoms with Gasteiger partial charge in [-0.1, -0.05) is 6.92 Å². The van der Waals surface area contributed by atoms with Gasteiger partial charge in [0, 0.05) is 43.9 Å². The molecule has 6 nitrogen and oxygen atoms in total. The lowest BCUT2D eigenvalue weighted by atomic mass is 9.86. The molecule has 2 aliphatic rings. The number of hydrogen-bond acceptors (Lipinski definition) is 5. The Morgan fingerprint density at radius 2 is 1.76 bits per heavy atom. The van der Waals surface area contributed by atoms with Crippen molar-refractivity contribution >= 4 is 17.2 Å². The van der Waals surface area contributed by atoms with E-state index in [0.29, 0.717) is 17.3 Å². The first-order valence-corrected chi connectivity index (χ1v) is 9.24. The molecular formula is C19H27N3O3. The van der Waals surface area contributed by atoms with E-state index in [-0.39, 0.29) is 16.4 Å². The fourth-order valence-corrected chi connectivity index (χ4v) is 4.09. The molecule has 1 aliphatic heterocycles. The van der Waals surface area contributed by atoms with E-state index in [9.17, 15) is 14.9 Å². The highest BCUT2D eigenvalue weighted by Crippen LogP contribution is 2.32. The Balaban J connectivity index is 1.68. The first kappa shape index (κ1) is 17.9. The van der Waals surface area contributed by atoms with Gasteiger partial charge in [0.15, 0.2) is 5.78 Å². The van der Waals surface area contributed by atoms with Crippen LogP contribution in [0.25, 0.3) is 0 Å². The summed E-state index contributed by atoms with van der Waals surface area (Å²) in [7, 11) is 0. The average molecular weight is 345 g/mol. The molecule has 1 saturated heterocycles. The zero-order valence-corrected chi connectivity index (χ0v) is 15.1. The molecule has 136 valence electrons. The number of hydrogen-bond donors (Lipinski definition) is 0. The van der Waals surface area contributed by atoms with Crippen LogP contribution >= 0.6 is 0 Å². The van der Waals surface area contributed by atoms with E-state index < -0.39 is 0 Å². The Morgan fingerprint density at radius 1 is 1.12 bits per heavy atom. The maximum absolute atomic E-state index is 11.5. The number of nitro groups is 1. The normalized spacial score (nSPS) is 25.0. The van der Waals surface area contributed by atoms with Crippen molar-refractivity contribution in [1.29, 1.82) is 0 Å². The predicted molar refractivity (Wildman–Crippen MR) is 98.3 cm³/mol. The molecule has 3 rings (SSSR count). The van der Waals surface area contributed by atoms with Gasteiger partial charge in [0.1, 0.15) is 5.69 Å². The number of nitro benzene ring substituents is 1. The van der Waals surface area contributed by atoms with E-state index in [1.807, 2.05) is 0 Å². The molecule has 1 aromatic carbocycles. The summed E-state index contributed by atoms with van der Waals surface area (Å²) in [5, 5.41) is 11.4. The van der Waals surface area contributed by atoms with Crippen molar-refractivity contribution in [2.24, 2.45) is 5.92 Å². The first-order valence-electron chi connectivity index (χ1n) is 9.24. The van der Waals surface area contributed by atoms with Crippen LogP contribution in [-0.2, 0) is 0 Å².